The van der Waals surface area contributed by atoms with Crippen LogP contribution in [0.25, 0.3) is 0 Å². The topological polar surface area (TPSA) is 39.7 Å². The van der Waals surface area contributed by atoms with E-state index in [0.29, 0.717) is 11.9 Å². The molecule has 0 unspecified atom stereocenters. The Bertz CT molecular complexity index is 663. The van der Waals surface area contributed by atoms with Crippen LogP contribution in [0.3, 0.4) is 0 Å². The van der Waals surface area contributed by atoms with E-state index in [1.54, 1.807) is 0 Å². The molecule has 3 saturated heterocycles. The summed E-state index contributed by atoms with van der Waals surface area (Å²) in [7, 11) is 0. The molecule has 0 bridgehead atoms. The number of hydrogen-bond acceptors (Lipinski definition) is 4. The van der Waals surface area contributed by atoms with Crippen LogP contribution in [0.2, 0.25) is 0 Å². The molecule has 3 aliphatic heterocycles. The van der Waals surface area contributed by atoms with Crippen molar-refractivity contribution >= 4 is 5.91 Å². The monoisotopic (exact) mass is 412 g/mol. The second kappa shape index (κ2) is 10.2. The molecule has 1 aromatic rings. The van der Waals surface area contributed by atoms with Crippen molar-refractivity contribution in [2.75, 3.05) is 39.3 Å². The molecule has 5 heteroatoms. The third kappa shape index (κ3) is 5.42. The van der Waals surface area contributed by atoms with Crippen LogP contribution in [-0.4, -0.2) is 70.9 Å². The van der Waals surface area contributed by atoms with Gasteiger partial charge in [-0.2, -0.15) is 0 Å². The van der Waals surface area contributed by atoms with Crippen molar-refractivity contribution in [1.82, 2.24) is 19.7 Å². The summed E-state index contributed by atoms with van der Waals surface area (Å²) in [5.74, 6) is 2.21. The van der Waals surface area contributed by atoms with Gasteiger partial charge in [0.25, 0.3) is 0 Å². The summed E-state index contributed by atoms with van der Waals surface area (Å²) in [5, 5.41) is 0. The van der Waals surface area contributed by atoms with Crippen LogP contribution in [0.15, 0.2) is 24.5 Å². The summed E-state index contributed by atoms with van der Waals surface area (Å²) in [6.07, 6.45) is 10.9. The van der Waals surface area contributed by atoms with E-state index < -0.39 is 0 Å². The molecule has 0 radical (unpaired) electrons. The second-order valence-corrected chi connectivity index (χ2v) is 10.1. The van der Waals surface area contributed by atoms with E-state index in [2.05, 4.69) is 39.6 Å². The van der Waals surface area contributed by atoms with Crippen LogP contribution >= 0.6 is 0 Å². The third-order valence-electron chi connectivity index (χ3n) is 7.80. The predicted molar refractivity (Wildman–Crippen MR) is 121 cm³/mol. The lowest BCUT2D eigenvalue weighted by Crippen LogP contribution is -2.52. The van der Waals surface area contributed by atoms with Gasteiger partial charge < -0.3 is 4.90 Å². The summed E-state index contributed by atoms with van der Waals surface area (Å²) in [6.45, 7) is 12.1. The SMILES string of the molecule is CC(C)C1CCN(C(=O)[C@H]2CCCN(C3CCN(Cc4cccnc4)CC3)C2)CC1. The van der Waals surface area contributed by atoms with Crippen molar-refractivity contribution in [2.45, 2.75) is 65.0 Å². The fourth-order valence-corrected chi connectivity index (χ4v) is 5.78. The highest BCUT2D eigenvalue weighted by Crippen LogP contribution is 2.29. The van der Waals surface area contributed by atoms with Gasteiger partial charge in [0, 0.05) is 44.6 Å². The van der Waals surface area contributed by atoms with Crippen LogP contribution in [0.4, 0.5) is 0 Å². The Balaban J connectivity index is 1.24. The highest BCUT2D eigenvalue weighted by molar-refractivity contribution is 5.79. The number of aromatic nitrogens is 1. The maximum absolute atomic E-state index is 13.2. The molecule has 0 aromatic carbocycles. The number of pyridine rings is 1. The van der Waals surface area contributed by atoms with E-state index in [1.807, 2.05) is 18.5 Å². The number of rotatable bonds is 5. The van der Waals surface area contributed by atoms with E-state index in [4.69, 9.17) is 0 Å². The molecule has 3 fully saturated rings. The first-order valence-corrected chi connectivity index (χ1v) is 12.2. The molecule has 0 spiro atoms. The van der Waals surface area contributed by atoms with Gasteiger partial charge >= 0.3 is 0 Å². The number of likely N-dealkylation sites (tertiary alicyclic amines) is 3. The van der Waals surface area contributed by atoms with Crippen molar-refractivity contribution in [1.29, 1.82) is 0 Å². The molecule has 4 heterocycles. The van der Waals surface area contributed by atoms with Gasteiger partial charge in [0.1, 0.15) is 0 Å². The van der Waals surface area contributed by atoms with Crippen molar-refractivity contribution in [3.8, 4) is 0 Å². The minimum Gasteiger partial charge on any atom is -0.342 e. The molecule has 0 aliphatic carbocycles. The minimum atomic E-state index is 0.225. The lowest BCUT2D eigenvalue weighted by atomic mass is 9.86. The van der Waals surface area contributed by atoms with Crippen molar-refractivity contribution in [2.24, 2.45) is 17.8 Å². The molecule has 0 N–H and O–H groups in total. The standard InChI is InChI=1S/C25H40N4O/c1-20(2)22-7-15-28(16-8-22)25(30)23-6-4-12-29(19-23)24-9-13-27(14-10-24)18-21-5-3-11-26-17-21/h3,5,11,17,20,22-24H,4,6-10,12-16,18-19H2,1-2H3/t23-/m0/s1. The lowest BCUT2D eigenvalue weighted by Gasteiger charge is -2.43. The van der Waals surface area contributed by atoms with Crippen LogP contribution in [0.1, 0.15) is 57.9 Å². The number of piperidine rings is 3. The molecular formula is C25H40N4O. The average Bonchev–Trinajstić information content (AvgIpc) is 2.80. The molecular weight excluding hydrogens is 372 g/mol. The molecule has 1 amide bonds. The van der Waals surface area contributed by atoms with Crippen molar-refractivity contribution in [3.63, 3.8) is 0 Å². The number of hydrogen-bond donors (Lipinski definition) is 0. The van der Waals surface area contributed by atoms with Gasteiger partial charge in [-0.15, -0.1) is 0 Å². The molecule has 3 aliphatic rings. The highest BCUT2D eigenvalue weighted by Gasteiger charge is 2.34. The van der Waals surface area contributed by atoms with Crippen LogP contribution < -0.4 is 0 Å². The average molecular weight is 413 g/mol. The summed E-state index contributed by atoms with van der Waals surface area (Å²) < 4.78 is 0. The second-order valence-electron chi connectivity index (χ2n) is 10.1. The molecule has 0 saturated carbocycles. The molecule has 1 atom stereocenters. The van der Waals surface area contributed by atoms with Crippen molar-refractivity contribution < 1.29 is 4.79 Å². The number of amides is 1. The number of nitrogens with zero attached hydrogens (tertiary/aromatic N) is 4. The summed E-state index contributed by atoms with van der Waals surface area (Å²) >= 11 is 0. The van der Waals surface area contributed by atoms with Gasteiger partial charge in [-0.25, -0.2) is 0 Å². The minimum absolute atomic E-state index is 0.225. The van der Waals surface area contributed by atoms with E-state index in [-0.39, 0.29) is 5.92 Å². The quantitative estimate of drug-likeness (QED) is 0.740. The molecule has 4 rings (SSSR count). The fourth-order valence-electron chi connectivity index (χ4n) is 5.78. The highest BCUT2D eigenvalue weighted by atomic mass is 16.2. The molecule has 30 heavy (non-hydrogen) atoms. The summed E-state index contributed by atoms with van der Waals surface area (Å²) in [6, 6.07) is 4.85. The zero-order valence-corrected chi connectivity index (χ0v) is 19.0. The molecule has 5 nitrogen and oxygen atoms in total. The Kier molecular flexibility index (Phi) is 7.42. The maximum atomic E-state index is 13.2. The normalized spacial score (nSPS) is 25.7. The smallest absolute Gasteiger partial charge is 0.226 e. The largest absolute Gasteiger partial charge is 0.342 e. The Hall–Kier alpha value is -1.46. The Morgan fingerprint density at radius 3 is 2.50 bits per heavy atom. The molecule has 166 valence electrons. The maximum Gasteiger partial charge on any atom is 0.226 e. The fraction of sp³-hybridized carbons (Fsp3) is 0.760. The van der Waals surface area contributed by atoms with E-state index in [0.717, 1.165) is 57.5 Å². The van der Waals surface area contributed by atoms with Crippen molar-refractivity contribution in [3.05, 3.63) is 30.1 Å². The van der Waals surface area contributed by atoms with Gasteiger partial charge in [-0.05, 0) is 81.6 Å². The van der Waals surface area contributed by atoms with E-state index in [1.165, 1.54) is 44.2 Å². The first-order valence-electron chi connectivity index (χ1n) is 12.2. The third-order valence-corrected chi connectivity index (χ3v) is 7.80. The van der Waals surface area contributed by atoms with Crippen LogP contribution in [0, 0.1) is 17.8 Å². The molecule has 1 aromatic heterocycles. The van der Waals surface area contributed by atoms with Gasteiger partial charge in [0.05, 0.1) is 5.92 Å². The Morgan fingerprint density at radius 2 is 1.83 bits per heavy atom. The van der Waals surface area contributed by atoms with Gasteiger partial charge in [-0.1, -0.05) is 19.9 Å². The zero-order chi connectivity index (χ0) is 20.9. The Labute approximate surface area is 182 Å². The zero-order valence-electron chi connectivity index (χ0n) is 19.0. The first kappa shape index (κ1) is 21.8. The summed E-state index contributed by atoms with van der Waals surface area (Å²) in [5.41, 5.74) is 1.31. The lowest BCUT2D eigenvalue weighted by molar-refractivity contribution is -0.139. The Morgan fingerprint density at radius 1 is 1.07 bits per heavy atom. The van der Waals surface area contributed by atoms with E-state index >= 15 is 0 Å². The van der Waals surface area contributed by atoms with Gasteiger partial charge in [0.2, 0.25) is 5.91 Å². The number of carbonyl (C=O) groups excluding carboxylic acids is 1. The van der Waals surface area contributed by atoms with Crippen LogP contribution in [0.5, 0.6) is 0 Å². The van der Waals surface area contributed by atoms with E-state index in [9.17, 15) is 4.79 Å². The first-order chi connectivity index (χ1) is 14.6. The summed E-state index contributed by atoms with van der Waals surface area (Å²) in [4.78, 5) is 24.8. The predicted octanol–water partition coefficient (Wildman–Crippen LogP) is 3.65. The van der Waals surface area contributed by atoms with Gasteiger partial charge in [-0.3, -0.25) is 19.6 Å². The van der Waals surface area contributed by atoms with Gasteiger partial charge in [0.15, 0.2) is 0 Å². The number of carbonyl (C=O) groups is 1. The van der Waals surface area contributed by atoms with Crippen LogP contribution in [-0.2, 0) is 11.3 Å².